The van der Waals surface area contributed by atoms with E-state index < -0.39 is 71.2 Å². The summed E-state index contributed by atoms with van der Waals surface area (Å²) in [6.45, 7) is 1.22. The van der Waals surface area contributed by atoms with Crippen LogP contribution in [-0.4, -0.2) is 47.2 Å². The second-order valence-corrected chi connectivity index (χ2v) is 11.0. The molecular weight excluding hydrogens is 664 g/mol. The third-order valence-corrected chi connectivity index (χ3v) is 7.83. The highest BCUT2D eigenvalue weighted by Crippen LogP contribution is 2.42. The molecule has 2 atom stereocenters. The lowest BCUT2D eigenvalue weighted by Gasteiger charge is -2.22. The summed E-state index contributed by atoms with van der Waals surface area (Å²) in [6, 6.07) is 9.03. The second kappa shape index (κ2) is 13.6. The number of benzene rings is 3. The molecule has 0 bridgehead atoms. The first-order valence-electron chi connectivity index (χ1n) is 14.7. The molecule has 2 aromatic heterocycles. The van der Waals surface area contributed by atoms with Gasteiger partial charge in [-0.25, -0.2) is 13.6 Å². The fraction of sp³-hybridized carbons (Fsp3) is 0.235. The largest absolute Gasteiger partial charge is 0.467 e. The Bertz CT molecular complexity index is 2030. The Kier molecular flexibility index (Phi) is 9.74. The molecule has 49 heavy (non-hydrogen) atoms. The molecular formula is C34H26F8N4O3. The number of carbonyl (C=O) groups is 2. The first-order chi connectivity index (χ1) is 23.1. The highest BCUT2D eigenvalue weighted by atomic mass is 19.4. The van der Waals surface area contributed by atoms with Crippen LogP contribution in [0.25, 0.3) is 32.9 Å². The zero-order valence-corrected chi connectivity index (χ0v) is 25.6. The summed E-state index contributed by atoms with van der Waals surface area (Å²) in [6.07, 6.45) is -7.64. The maximum absolute atomic E-state index is 15.0. The van der Waals surface area contributed by atoms with Gasteiger partial charge in [0.25, 0.3) is 5.91 Å². The molecule has 0 saturated carbocycles. The number of nitrogens with zero attached hydrogens (tertiary/aromatic N) is 2. The topological polar surface area (TPSA) is 93.2 Å². The standard InChI is InChI=1S/C34H26F8N4O3/c1-3-26(33(37,38)39)45-19-14-23(35)27(24(36)15-19)31(47)46-25(32(48)49-2)13-17-10-11-22(29-21(17)9-6-12-43-29)30-28(34(40,41)42)20-8-5-4-7-18(20)16-44-30/h4-12,14-16,25-26,45H,3,13H2,1-2H3,(H,46,47)/t25-,26+/m0/s1. The Morgan fingerprint density at radius 2 is 1.57 bits per heavy atom. The quantitative estimate of drug-likeness (QED) is 0.120. The maximum atomic E-state index is 15.0. The summed E-state index contributed by atoms with van der Waals surface area (Å²) >= 11 is 0. The zero-order chi connectivity index (χ0) is 35.7. The van der Waals surface area contributed by atoms with Gasteiger partial charge in [-0.2, -0.15) is 26.3 Å². The van der Waals surface area contributed by atoms with Gasteiger partial charge in [-0.3, -0.25) is 14.8 Å². The van der Waals surface area contributed by atoms with Crippen molar-refractivity contribution in [2.24, 2.45) is 0 Å². The van der Waals surface area contributed by atoms with E-state index in [1.54, 1.807) is 6.07 Å². The Hall–Kier alpha value is -5.34. The minimum Gasteiger partial charge on any atom is -0.467 e. The number of amides is 1. The number of hydrogen-bond donors (Lipinski definition) is 2. The summed E-state index contributed by atoms with van der Waals surface area (Å²) in [5.74, 6) is -5.43. The lowest BCUT2D eigenvalue weighted by atomic mass is 9.93. The molecule has 5 aromatic rings. The lowest BCUT2D eigenvalue weighted by Crippen LogP contribution is -2.43. The van der Waals surface area contributed by atoms with Gasteiger partial charge in [-0.05, 0) is 35.6 Å². The van der Waals surface area contributed by atoms with Crippen molar-refractivity contribution in [2.75, 3.05) is 12.4 Å². The number of pyridine rings is 2. The molecule has 0 fully saturated rings. The number of hydrogen-bond acceptors (Lipinski definition) is 6. The molecule has 5 rings (SSSR count). The zero-order valence-electron chi connectivity index (χ0n) is 25.6. The average Bonchev–Trinajstić information content (AvgIpc) is 3.04. The highest BCUT2D eigenvalue weighted by Gasteiger charge is 2.39. The van der Waals surface area contributed by atoms with Crippen LogP contribution in [0.5, 0.6) is 0 Å². The smallest absolute Gasteiger partial charge is 0.419 e. The van der Waals surface area contributed by atoms with Crippen LogP contribution in [-0.2, 0) is 22.1 Å². The normalized spacial score (nSPS) is 13.3. The van der Waals surface area contributed by atoms with Gasteiger partial charge in [0, 0.05) is 40.8 Å². The van der Waals surface area contributed by atoms with E-state index in [2.05, 4.69) is 15.3 Å². The van der Waals surface area contributed by atoms with E-state index in [0.29, 0.717) is 17.7 Å². The van der Waals surface area contributed by atoms with Crippen molar-refractivity contribution in [3.63, 3.8) is 0 Å². The molecule has 7 nitrogen and oxygen atoms in total. The van der Waals surface area contributed by atoms with Gasteiger partial charge in [-0.15, -0.1) is 0 Å². The van der Waals surface area contributed by atoms with Crippen molar-refractivity contribution < 1.29 is 49.4 Å². The number of halogens is 8. The van der Waals surface area contributed by atoms with Gasteiger partial charge in [0.05, 0.1) is 23.9 Å². The van der Waals surface area contributed by atoms with Crippen molar-refractivity contribution in [3.8, 4) is 11.3 Å². The number of aromatic nitrogens is 2. The van der Waals surface area contributed by atoms with Crippen molar-refractivity contribution in [1.29, 1.82) is 0 Å². The Balaban J connectivity index is 1.50. The van der Waals surface area contributed by atoms with E-state index in [-0.39, 0.29) is 39.4 Å². The third kappa shape index (κ3) is 7.25. The van der Waals surface area contributed by atoms with Gasteiger partial charge in [0.1, 0.15) is 29.3 Å². The third-order valence-electron chi connectivity index (χ3n) is 7.83. The minimum absolute atomic E-state index is 0.0322. The SMILES string of the molecule is CC[C@@H](Nc1cc(F)c(C(=O)N[C@@H](Cc2ccc(-c3ncc4ccccc4c3C(F)(F)F)c3ncccc23)C(=O)OC)c(F)c1)C(F)(F)F. The van der Waals surface area contributed by atoms with Gasteiger partial charge >= 0.3 is 18.3 Å². The monoisotopic (exact) mass is 690 g/mol. The Morgan fingerprint density at radius 1 is 0.898 bits per heavy atom. The van der Waals surface area contributed by atoms with Crippen LogP contribution in [0.2, 0.25) is 0 Å². The maximum Gasteiger partial charge on any atom is 0.419 e. The van der Waals surface area contributed by atoms with Crippen LogP contribution < -0.4 is 10.6 Å². The fourth-order valence-corrected chi connectivity index (χ4v) is 5.53. The van der Waals surface area contributed by atoms with Crippen LogP contribution in [0.4, 0.5) is 40.8 Å². The lowest BCUT2D eigenvalue weighted by molar-refractivity contribution is -0.143. The van der Waals surface area contributed by atoms with Crippen LogP contribution in [0.3, 0.4) is 0 Å². The molecule has 2 N–H and O–H groups in total. The summed E-state index contributed by atoms with van der Waals surface area (Å²) in [7, 11) is 1.00. The van der Waals surface area contributed by atoms with E-state index in [1.165, 1.54) is 61.8 Å². The molecule has 0 saturated heterocycles. The van der Waals surface area contributed by atoms with Gasteiger partial charge in [0.2, 0.25) is 0 Å². The average molecular weight is 691 g/mol. The van der Waals surface area contributed by atoms with Crippen molar-refractivity contribution in [2.45, 2.75) is 44.2 Å². The van der Waals surface area contributed by atoms with Crippen molar-refractivity contribution in [3.05, 3.63) is 101 Å². The summed E-state index contributed by atoms with van der Waals surface area (Å²) in [5, 5.41) is 4.67. The summed E-state index contributed by atoms with van der Waals surface area (Å²) in [4.78, 5) is 34.3. The number of rotatable bonds is 9. The molecule has 0 radical (unpaired) electrons. The molecule has 3 aromatic carbocycles. The molecule has 1 amide bonds. The number of ether oxygens (including phenoxy) is 1. The highest BCUT2D eigenvalue weighted by molar-refractivity contribution is 6.00. The molecule has 0 aliphatic rings. The van der Waals surface area contributed by atoms with E-state index >= 15 is 0 Å². The number of nitrogens with one attached hydrogen (secondary N) is 2. The molecule has 15 heteroatoms. The predicted molar refractivity (Wildman–Crippen MR) is 165 cm³/mol. The number of carbonyl (C=O) groups excluding carboxylic acids is 2. The van der Waals surface area contributed by atoms with Gasteiger partial charge < -0.3 is 15.4 Å². The first-order valence-corrected chi connectivity index (χ1v) is 14.7. The number of alkyl halides is 6. The van der Waals surface area contributed by atoms with Crippen molar-refractivity contribution >= 4 is 39.2 Å². The van der Waals surface area contributed by atoms with Crippen LogP contribution >= 0.6 is 0 Å². The van der Waals surface area contributed by atoms with Crippen LogP contribution in [0.15, 0.2) is 73.1 Å². The van der Waals surface area contributed by atoms with Gasteiger partial charge in [0.15, 0.2) is 0 Å². The Morgan fingerprint density at radius 3 is 2.20 bits per heavy atom. The minimum atomic E-state index is -4.79. The molecule has 2 heterocycles. The molecule has 0 unspecified atom stereocenters. The predicted octanol–water partition coefficient (Wildman–Crippen LogP) is 8.01. The number of esters is 1. The van der Waals surface area contributed by atoms with Crippen LogP contribution in [0, 0.1) is 11.6 Å². The Labute approximate surface area is 273 Å². The first kappa shape index (κ1) is 35.0. The fourth-order valence-electron chi connectivity index (χ4n) is 5.53. The van der Waals surface area contributed by atoms with Crippen molar-refractivity contribution in [1.82, 2.24) is 15.3 Å². The number of fused-ring (bicyclic) bond motifs is 2. The number of anilines is 1. The molecule has 0 aliphatic heterocycles. The molecule has 0 aliphatic carbocycles. The van der Waals surface area contributed by atoms with E-state index in [9.17, 15) is 44.7 Å². The second-order valence-electron chi connectivity index (χ2n) is 11.0. The van der Waals surface area contributed by atoms with E-state index in [1.807, 2.05) is 5.32 Å². The van der Waals surface area contributed by atoms with E-state index in [0.717, 1.165) is 7.11 Å². The van der Waals surface area contributed by atoms with Crippen LogP contribution in [0.1, 0.15) is 34.8 Å². The van der Waals surface area contributed by atoms with Gasteiger partial charge in [-0.1, -0.05) is 49.4 Å². The summed E-state index contributed by atoms with van der Waals surface area (Å²) < 4.78 is 118. The molecule has 0 spiro atoms. The number of methoxy groups -OCH3 is 1. The van der Waals surface area contributed by atoms with E-state index in [4.69, 9.17) is 4.74 Å². The molecule has 256 valence electrons. The summed E-state index contributed by atoms with van der Waals surface area (Å²) in [5.41, 5.74) is -2.66.